The molecular formula is C12H15N3O2S. The quantitative estimate of drug-likeness (QED) is 0.864. The minimum absolute atomic E-state index is 0.390. The Kier molecular flexibility index (Phi) is 3.78. The minimum atomic E-state index is -0.863. The van der Waals surface area contributed by atoms with E-state index in [1.807, 2.05) is 24.7 Å². The molecule has 0 fully saturated rings. The van der Waals surface area contributed by atoms with Gasteiger partial charge in [-0.2, -0.15) is 0 Å². The number of carboxylic acid groups (broad SMARTS) is 1. The average Bonchev–Trinajstić information content (AvgIpc) is 2.87. The van der Waals surface area contributed by atoms with E-state index in [1.165, 1.54) is 11.3 Å². The number of imidazole rings is 1. The molecule has 0 aliphatic rings. The molecule has 0 bridgehead atoms. The summed E-state index contributed by atoms with van der Waals surface area (Å²) >= 11 is 1.31. The van der Waals surface area contributed by atoms with Gasteiger partial charge in [-0.1, -0.05) is 0 Å². The van der Waals surface area contributed by atoms with Gasteiger partial charge in [-0.25, -0.2) is 9.78 Å². The molecule has 0 amide bonds. The van der Waals surface area contributed by atoms with Crippen molar-refractivity contribution in [3.8, 4) is 0 Å². The maximum Gasteiger partial charge on any atom is 0.345 e. The van der Waals surface area contributed by atoms with E-state index in [-0.39, 0.29) is 0 Å². The van der Waals surface area contributed by atoms with Gasteiger partial charge < -0.3 is 15.0 Å². The first-order chi connectivity index (χ1) is 8.58. The summed E-state index contributed by atoms with van der Waals surface area (Å²) in [6.07, 6.45) is 3.66. The highest BCUT2D eigenvalue weighted by molar-refractivity contribution is 7.14. The number of thiophene rings is 1. The predicted molar refractivity (Wildman–Crippen MR) is 69.8 cm³/mol. The van der Waals surface area contributed by atoms with Crippen LogP contribution in [0.3, 0.4) is 0 Å². The van der Waals surface area contributed by atoms with Gasteiger partial charge in [-0.15, -0.1) is 11.3 Å². The zero-order valence-corrected chi connectivity index (χ0v) is 11.1. The van der Waals surface area contributed by atoms with Crippen LogP contribution in [-0.4, -0.2) is 20.6 Å². The maximum atomic E-state index is 10.8. The highest BCUT2D eigenvalue weighted by atomic mass is 32.1. The van der Waals surface area contributed by atoms with Gasteiger partial charge in [0, 0.05) is 30.9 Å². The van der Waals surface area contributed by atoms with Gasteiger partial charge in [0.25, 0.3) is 0 Å². The monoisotopic (exact) mass is 265 g/mol. The topological polar surface area (TPSA) is 67.2 Å². The SMILES string of the molecule is Cc1sc(C(=O)O)cc1CNCc1nccn1C. The van der Waals surface area contributed by atoms with Crippen LogP contribution in [0.4, 0.5) is 0 Å². The largest absolute Gasteiger partial charge is 0.477 e. The molecule has 0 aromatic carbocycles. The second kappa shape index (κ2) is 5.32. The van der Waals surface area contributed by atoms with Gasteiger partial charge in [0.05, 0.1) is 6.54 Å². The summed E-state index contributed by atoms with van der Waals surface area (Å²) in [6.45, 7) is 3.26. The molecule has 2 aromatic rings. The van der Waals surface area contributed by atoms with Crippen LogP contribution in [0.25, 0.3) is 0 Å². The number of carboxylic acids is 1. The van der Waals surface area contributed by atoms with Crippen LogP contribution in [0.2, 0.25) is 0 Å². The number of rotatable bonds is 5. The third-order valence-corrected chi connectivity index (χ3v) is 3.83. The molecule has 0 unspecified atom stereocenters. The summed E-state index contributed by atoms with van der Waals surface area (Å²) < 4.78 is 1.95. The van der Waals surface area contributed by atoms with Crippen LogP contribution in [0.1, 0.15) is 25.9 Å². The Morgan fingerprint density at radius 1 is 1.56 bits per heavy atom. The number of nitrogens with zero attached hydrogens (tertiary/aromatic N) is 2. The standard InChI is InChI=1S/C12H15N3O2S/c1-8-9(5-10(18-8)12(16)17)6-13-7-11-14-3-4-15(11)2/h3-5,13H,6-7H2,1-2H3,(H,16,17). The molecule has 0 aliphatic heterocycles. The lowest BCUT2D eigenvalue weighted by molar-refractivity contribution is 0.0702. The molecule has 0 saturated carbocycles. The fraction of sp³-hybridized carbons (Fsp3) is 0.333. The summed E-state index contributed by atoms with van der Waals surface area (Å²) in [5.41, 5.74) is 1.03. The fourth-order valence-electron chi connectivity index (χ4n) is 1.68. The van der Waals surface area contributed by atoms with Gasteiger partial charge in [-0.3, -0.25) is 0 Å². The van der Waals surface area contributed by atoms with Crippen molar-refractivity contribution < 1.29 is 9.90 Å². The first-order valence-electron chi connectivity index (χ1n) is 5.57. The average molecular weight is 265 g/mol. The van der Waals surface area contributed by atoms with E-state index in [0.717, 1.165) is 16.3 Å². The number of aromatic nitrogens is 2. The van der Waals surface area contributed by atoms with Crippen LogP contribution < -0.4 is 5.32 Å². The van der Waals surface area contributed by atoms with Crippen LogP contribution in [0, 0.1) is 6.92 Å². The first kappa shape index (κ1) is 12.8. The van der Waals surface area contributed by atoms with Crippen LogP contribution in [0.15, 0.2) is 18.5 Å². The highest BCUT2D eigenvalue weighted by Gasteiger charge is 2.10. The van der Waals surface area contributed by atoms with Crippen molar-refractivity contribution >= 4 is 17.3 Å². The van der Waals surface area contributed by atoms with Crippen molar-refractivity contribution in [1.29, 1.82) is 0 Å². The Bertz CT molecular complexity index is 559. The molecule has 0 spiro atoms. The molecule has 0 aliphatic carbocycles. The van der Waals surface area contributed by atoms with Crippen molar-refractivity contribution in [3.63, 3.8) is 0 Å². The number of hydrogen-bond donors (Lipinski definition) is 2. The zero-order valence-electron chi connectivity index (χ0n) is 10.3. The molecule has 0 radical (unpaired) electrons. The van der Waals surface area contributed by atoms with Gasteiger partial charge in [0.1, 0.15) is 10.7 Å². The maximum absolute atomic E-state index is 10.8. The molecule has 6 heteroatoms. The number of nitrogens with one attached hydrogen (secondary N) is 1. The normalized spacial score (nSPS) is 10.8. The molecule has 2 N–H and O–H groups in total. The molecule has 2 heterocycles. The smallest absolute Gasteiger partial charge is 0.345 e. The summed E-state index contributed by atoms with van der Waals surface area (Å²) in [7, 11) is 1.95. The van der Waals surface area contributed by atoms with Gasteiger partial charge in [0.2, 0.25) is 0 Å². The Morgan fingerprint density at radius 3 is 2.89 bits per heavy atom. The summed E-state index contributed by atoms with van der Waals surface area (Å²) in [5.74, 6) is 0.0970. The molecule has 96 valence electrons. The van der Waals surface area contributed by atoms with Crippen LogP contribution >= 0.6 is 11.3 Å². The number of hydrogen-bond acceptors (Lipinski definition) is 4. The highest BCUT2D eigenvalue weighted by Crippen LogP contribution is 2.21. The van der Waals surface area contributed by atoms with Crippen molar-refractivity contribution in [1.82, 2.24) is 14.9 Å². The second-order valence-electron chi connectivity index (χ2n) is 4.06. The Morgan fingerprint density at radius 2 is 2.33 bits per heavy atom. The fourth-order valence-corrected chi connectivity index (χ4v) is 2.56. The third-order valence-electron chi connectivity index (χ3n) is 2.75. The molecule has 2 rings (SSSR count). The van der Waals surface area contributed by atoms with E-state index in [1.54, 1.807) is 12.3 Å². The van der Waals surface area contributed by atoms with Crippen LogP contribution in [0.5, 0.6) is 0 Å². The number of aromatic carboxylic acids is 1. The first-order valence-corrected chi connectivity index (χ1v) is 6.39. The zero-order chi connectivity index (χ0) is 13.1. The lowest BCUT2D eigenvalue weighted by Gasteiger charge is -2.04. The lowest BCUT2D eigenvalue weighted by atomic mass is 10.2. The predicted octanol–water partition coefficient (Wildman–Crippen LogP) is 1.78. The molecular weight excluding hydrogens is 250 g/mol. The van der Waals surface area contributed by atoms with Gasteiger partial charge in [-0.05, 0) is 18.6 Å². The van der Waals surface area contributed by atoms with Crippen molar-refractivity contribution in [2.75, 3.05) is 0 Å². The van der Waals surface area contributed by atoms with E-state index in [9.17, 15) is 4.79 Å². The molecule has 0 atom stereocenters. The molecule has 18 heavy (non-hydrogen) atoms. The second-order valence-corrected chi connectivity index (χ2v) is 5.31. The van der Waals surface area contributed by atoms with Crippen molar-refractivity contribution in [2.24, 2.45) is 7.05 Å². The Labute approximate surface area is 109 Å². The molecule has 0 saturated heterocycles. The van der Waals surface area contributed by atoms with E-state index < -0.39 is 5.97 Å². The van der Waals surface area contributed by atoms with Crippen molar-refractivity contribution in [3.05, 3.63) is 39.6 Å². The molecule has 5 nitrogen and oxygen atoms in total. The third kappa shape index (κ3) is 2.77. The summed E-state index contributed by atoms with van der Waals surface area (Å²) in [6, 6.07) is 1.73. The van der Waals surface area contributed by atoms with E-state index in [4.69, 9.17) is 5.11 Å². The van der Waals surface area contributed by atoms with Gasteiger partial charge >= 0.3 is 5.97 Å². The number of carbonyl (C=O) groups is 1. The molecule has 2 aromatic heterocycles. The van der Waals surface area contributed by atoms with E-state index in [2.05, 4.69) is 10.3 Å². The van der Waals surface area contributed by atoms with Crippen LogP contribution in [-0.2, 0) is 20.1 Å². The lowest BCUT2D eigenvalue weighted by Crippen LogP contribution is -2.15. The van der Waals surface area contributed by atoms with E-state index in [0.29, 0.717) is 18.0 Å². The number of aryl methyl sites for hydroxylation is 2. The summed E-state index contributed by atoms with van der Waals surface area (Å²) in [4.78, 5) is 16.5. The Balaban J connectivity index is 1.94. The van der Waals surface area contributed by atoms with Gasteiger partial charge in [0.15, 0.2) is 0 Å². The van der Waals surface area contributed by atoms with Crippen molar-refractivity contribution in [2.45, 2.75) is 20.0 Å². The summed E-state index contributed by atoms with van der Waals surface area (Å²) in [5, 5.41) is 12.2. The minimum Gasteiger partial charge on any atom is -0.477 e. The Hall–Kier alpha value is -1.66. The van der Waals surface area contributed by atoms with E-state index >= 15 is 0 Å².